The second-order valence-electron chi connectivity index (χ2n) is 37.0. The van der Waals surface area contributed by atoms with Crippen molar-refractivity contribution in [3.05, 3.63) is 422 Å². The Morgan fingerprint density at radius 3 is 0.902 bits per heavy atom. The highest BCUT2D eigenvalue weighted by molar-refractivity contribution is 7.01. The molecule has 26 rings (SSSR count). The normalized spacial score (nSPS) is 13.8. The zero-order valence-corrected chi connectivity index (χ0v) is 69.4. The van der Waals surface area contributed by atoms with Crippen LogP contribution in [0.5, 0.6) is 0 Å². The third kappa shape index (κ3) is 9.98. The van der Waals surface area contributed by atoms with Crippen LogP contribution >= 0.6 is 0 Å². The number of hydrogen-bond donors (Lipinski definition) is 0. The van der Waals surface area contributed by atoms with E-state index in [0.717, 1.165) is 11.4 Å². The van der Waals surface area contributed by atoms with Crippen molar-refractivity contribution >= 4 is 124 Å². The summed E-state index contributed by atoms with van der Waals surface area (Å²) in [6.45, 7) is 13.5. The van der Waals surface area contributed by atoms with Gasteiger partial charge in [-0.05, 0) is 263 Å². The number of para-hydroxylation sites is 2. The van der Waals surface area contributed by atoms with Gasteiger partial charge in [0.15, 0.2) is 0 Å². The number of anilines is 6. The molecule has 123 heavy (non-hydrogen) atoms. The first-order valence-electron chi connectivity index (χ1n) is 43.6. The highest BCUT2D eigenvalue weighted by atomic mass is 15.2. The summed E-state index contributed by atoms with van der Waals surface area (Å²) in [6.07, 6.45) is 0. The minimum Gasteiger partial charge on any atom is -0.311 e. The van der Waals surface area contributed by atoms with E-state index in [4.69, 9.17) is 0 Å². The summed E-state index contributed by atoms with van der Waals surface area (Å²) in [5.74, 6) is 0. The van der Waals surface area contributed by atoms with Crippen LogP contribution in [0.25, 0.3) is 144 Å². The second kappa shape index (κ2) is 25.7. The van der Waals surface area contributed by atoms with E-state index in [9.17, 15) is 0 Å². The van der Waals surface area contributed by atoms with Crippen LogP contribution in [0.1, 0.15) is 74.9 Å². The van der Waals surface area contributed by atoms with Gasteiger partial charge in [0.25, 0.3) is 13.4 Å². The minimum absolute atomic E-state index is 0.0224. The molecule has 576 valence electrons. The van der Waals surface area contributed by atoms with Crippen LogP contribution in [-0.4, -0.2) is 22.6 Å². The van der Waals surface area contributed by atoms with Crippen LogP contribution in [0.3, 0.4) is 0 Å². The summed E-state index contributed by atoms with van der Waals surface area (Å²) in [5.41, 5.74) is 48.3. The SMILES string of the molecule is CC(C)(C)c1ccc(-c2cc3c4c(c2)-n2c5ccc(-c6ccccc6)cc5c5cc(-c6ccccc6)cc(c52)B4c2cc4c(cc2N3c2ccccc2)C2(c3ccccc3-4)c3ccccc3-c3cc4c(cc32)N(c2ccccc2)c2cc(-c3ccc(C(C)(C)C)cc3)cc3c2B4c2cc(-c4ccccc4)cc4c5cc(-c6ccccc6)ccc5n-3c24)cc1. The maximum atomic E-state index is 2.70. The van der Waals surface area contributed by atoms with E-state index in [1.54, 1.807) is 0 Å². The summed E-state index contributed by atoms with van der Waals surface area (Å²) >= 11 is 0. The van der Waals surface area contributed by atoms with E-state index in [2.05, 4.69) is 449 Å². The molecule has 6 aliphatic rings. The number of benzene rings is 18. The third-order valence-electron chi connectivity index (χ3n) is 28.3. The highest BCUT2D eigenvalue weighted by Crippen LogP contribution is 2.65. The van der Waals surface area contributed by atoms with Crippen molar-refractivity contribution in [2.75, 3.05) is 9.80 Å². The Morgan fingerprint density at radius 2 is 0.528 bits per heavy atom. The Labute approximate surface area is 717 Å². The third-order valence-corrected chi connectivity index (χ3v) is 28.3. The first-order chi connectivity index (χ1) is 60.3. The topological polar surface area (TPSA) is 16.3 Å². The van der Waals surface area contributed by atoms with Crippen LogP contribution in [0.15, 0.2) is 388 Å². The number of rotatable bonds is 8. The summed E-state index contributed by atoms with van der Waals surface area (Å²) in [7, 11) is 0. The van der Waals surface area contributed by atoms with Crippen molar-refractivity contribution in [3.8, 4) is 100 Å². The molecule has 0 radical (unpaired) electrons. The van der Waals surface area contributed by atoms with Crippen molar-refractivity contribution in [2.24, 2.45) is 0 Å². The number of aromatic nitrogens is 2. The van der Waals surface area contributed by atoms with E-state index in [-0.39, 0.29) is 24.3 Å². The van der Waals surface area contributed by atoms with Gasteiger partial charge in [-0.3, -0.25) is 0 Å². The van der Waals surface area contributed by atoms with Crippen LogP contribution < -0.4 is 42.6 Å². The van der Waals surface area contributed by atoms with E-state index in [0.29, 0.717) is 0 Å². The monoisotopic (exact) mass is 1560 g/mol. The average Bonchev–Trinajstić information content (AvgIpc) is 1.51. The van der Waals surface area contributed by atoms with E-state index < -0.39 is 5.41 Å². The molecule has 4 nitrogen and oxygen atoms in total. The van der Waals surface area contributed by atoms with Gasteiger partial charge in [-0.2, -0.15) is 0 Å². The molecule has 20 aromatic rings. The van der Waals surface area contributed by atoms with Crippen molar-refractivity contribution in [1.82, 2.24) is 9.13 Å². The minimum atomic E-state index is -0.803. The highest BCUT2D eigenvalue weighted by Gasteiger charge is 2.56. The summed E-state index contributed by atoms with van der Waals surface area (Å²) in [5, 5.41) is 4.98. The summed E-state index contributed by atoms with van der Waals surface area (Å²) < 4.78 is 5.32. The molecule has 0 atom stereocenters. The predicted molar refractivity (Wildman–Crippen MR) is 520 cm³/mol. The van der Waals surface area contributed by atoms with Crippen molar-refractivity contribution in [1.29, 1.82) is 0 Å². The van der Waals surface area contributed by atoms with Gasteiger partial charge in [-0.15, -0.1) is 0 Å². The van der Waals surface area contributed by atoms with Gasteiger partial charge >= 0.3 is 0 Å². The molecule has 0 saturated heterocycles. The molecule has 0 saturated carbocycles. The quantitative estimate of drug-likeness (QED) is 0.141. The molecular formula is C117H82B2N4. The molecule has 18 aromatic carbocycles. The fraction of sp³-hybridized carbons (Fsp3) is 0.0769. The number of nitrogens with zero attached hydrogens (tertiary/aromatic N) is 4. The summed E-state index contributed by atoms with van der Waals surface area (Å²) in [4.78, 5) is 5.33. The number of hydrogen-bond acceptors (Lipinski definition) is 2. The van der Waals surface area contributed by atoms with E-state index in [1.807, 2.05) is 0 Å². The van der Waals surface area contributed by atoms with Crippen molar-refractivity contribution in [3.63, 3.8) is 0 Å². The number of fused-ring (bicyclic) bond motifs is 24. The molecule has 0 N–H and O–H groups in total. The fourth-order valence-corrected chi connectivity index (χ4v) is 22.8. The lowest BCUT2D eigenvalue weighted by atomic mass is 9.33. The molecule has 2 aliphatic carbocycles. The van der Waals surface area contributed by atoms with Crippen LogP contribution in [0.2, 0.25) is 0 Å². The zero-order chi connectivity index (χ0) is 81.6. The largest absolute Gasteiger partial charge is 0.311 e. The average molecular weight is 1570 g/mol. The summed E-state index contributed by atoms with van der Waals surface area (Å²) in [6, 6.07) is 150. The fourth-order valence-electron chi connectivity index (χ4n) is 22.8. The van der Waals surface area contributed by atoms with Crippen LogP contribution in [0.4, 0.5) is 34.1 Å². The Balaban J connectivity index is 0.770. The van der Waals surface area contributed by atoms with Gasteiger partial charge < -0.3 is 18.9 Å². The van der Waals surface area contributed by atoms with Gasteiger partial charge in [0.1, 0.15) is 0 Å². The lowest BCUT2D eigenvalue weighted by Crippen LogP contribution is -2.60. The standard InChI is InChI=1S/C117H82B2N4/c1-115(2,3)83-51-45-75(46-52-83)81-63-107-111-109(65-81)122-103-55-49-77(71-29-13-7-14-30-71)57-91(103)93-59-79(73-33-17-9-18-34-73)61-101(113(93)122)118(111)99-67-89-87-41-25-27-43-95(87)117(97(89)69-105(99)120(107)85-37-21-11-22-38-85)96-44-28-26-42-88(96)90-68-100-106(70-98(90)117)121(86-39-23-12-24-40-86)108-64-82(76-47-53-84(54-48-76)116(4,5)6)66-110-112(108)119(100)102-62-80(74-35-19-10-20-36-74)60-94-92-58-78(72-31-15-8-16-32-72)50-56-104(92)123(110)114(94)102/h7-70H,1-6H3. The van der Waals surface area contributed by atoms with Crippen LogP contribution in [-0.2, 0) is 16.2 Å². The molecule has 6 heterocycles. The Bertz CT molecular complexity index is 7440. The smallest absolute Gasteiger partial charge is 0.252 e. The first kappa shape index (κ1) is 70.2. The first-order valence-corrected chi connectivity index (χ1v) is 43.6. The lowest BCUT2D eigenvalue weighted by Gasteiger charge is -2.42. The Kier molecular flexibility index (Phi) is 14.6. The predicted octanol–water partition coefficient (Wildman–Crippen LogP) is 26.0. The van der Waals surface area contributed by atoms with Crippen molar-refractivity contribution in [2.45, 2.75) is 57.8 Å². The Hall–Kier alpha value is -14.7. The lowest BCUT2D eigenvalue weighted by molar-refractivity contribution is 0.590. The maximum absolute atomic E-state index is 2.70. The zero-order valence-electron chi connectivity index (χ0n) is 69.4. The molecule has 0 fully saturated rings. The van der Waals surface area contributed by atoms with Gasteiger partial charge in [0.2, 0.25) is 0 Å². The molecule has 6 heteroatoms. The van der Waals surface area contributed by atoms with E-state index in [1.165, 1.54) is 233 Å². The molecule has 0 amide bonds. The molecule has 0 bridgehead atoms. The van der Waals surface area contributed by atoms with E-state index >= 15 is 0 Å². The van der Waals surface area contributed by atoms with Gasteiger partial charge in [0, 0.05) is 78.1 Å². The molecular weight excluding hydrogens is 1480 g/mol. The van der Waals surface area contributed by atoms with Crippen molar-refractivity contribution < 1.29 is 0 Å². The molecule has 4 aliphatic heterocycles. The van der Waals surface area contributed by atoms with Gasteiger partial charge in [-0.25, -0.2) is 0 Å². The maximum Gasteiger partial charge on any atom is 0.252 e. The Morgan fingerprint density at radius 1 is 0.220 bits per heavy atom. The van der Waals surface area contributed by atoms with Gasteiger partial charge in [-0.1, -0.05) is 333 Å². The molecule has 1 spiro atoms. The van der Waals surface area contributed by atoms with Gasteiger partial charge in [0.05, 0.1) is 16.4 Å². The second-order valence-corrected chi connectivity index (χ2v) is 37.0. The molecule has 0 unspecified atom stereocenters. The van der Waals surface area contributed by atoms with Crippen LogP contribution in [0, 0.1) is 0 Å². The molecule has 2 aromatic heterocycles.